The van der Waals surface area contributed by atoms with Crippen LogP contribution in [0.3, 0.4) is 0 Å². The molecule has 0 heterocycles. The van der Waals surface area contributed by atoms with E-state index in [1.54, 1.807) is 6.07 Å². The van der Waals surface area contributed by atoms with Gasteiger partial charge in [-0.1, -0.05) is 148 Å². The number of rotatable bonds is 22. The third kappa shape index (κ3) is 33.7. The zero-order valence-electron chi connectivity index (χ0n) is 25.1. The van der Waals surface area contributed by atoms with E-state index in [4.69, 9.17) is 5.11 Å². The molecule has 0 bridgehead atoms. The summed E-state index contributed by atoms with van der Waals surface area (Å²) < 4.78 is 0. The first-order valence-electron chi connectivity index (χ1n) is 15.4. The van der Waals surface area contributed by atoms with Crippen LogP contribution in [-0.4, -0.2) is 29.1 Å². The molecule has 0 aliphatic heterocycles. The minimum Gasteiger partial charge on any atom is -0.508 e. The molecule has 0 spiro atoms. The fourth-order valence-corrected chi connectivity index (χ4v) is 5.02. The predicted octanol–water partition coefficient (Wildman–Crippen LogP) is 12.2. The molecule has 0 atom stereocenters. The van der Waals surface area contributed by atoms with Crippen LogP contribution in [0.5, 0.6) is 5.75 Å². The summed E-state index contributed by atoms with van der Waals surface area (Å²) in [5, 5.41) is 8.92. The molecule has 0 unspecified atom stereocenters. The summed E-state index contributed by atoms with van der Waals surface area (Å²) in [6.07, 6.45) is 33.4. The summed E-state index contributed by atoms with van der Waals surface area (Å²) in [6.45, 7) is 6.44. The second-order valence-corrected chi connectivity index (χ2v) is 12.1. The third-order valence-corrected chi connectivity index (χ3v) is 7.91. The molecular formula is C33H64OS2. The summed E-state index contributed by atoms with van der Waals surface area (Å²) in [5.74, 6) is 3.08. The Kier molecular flexibility index (Phi) is 36.5. The minimum atomic E-state index is 0.368. The molecule has 0 saturated heterocycles. The molecule has 0 radical (unpaired) electrons. The Labute approximate surface area is 236 Å². The van der Waals surface area contributed by atoms with Gasteiger partial charge in [-0.3, -0.25) is 0 Å². The Morgan fingerprint density at radius 2 is 0.806 bits per heavy atom. The zero-order valence-corrected chi connectivity index (χ0v) is 26.8. The highest BCUT2D eigenvalue weighted by Gasteiger charge is 1.93. The molecule has 0 aromatic heterocycles. The van der Waals surface area contributed by atoms with Gasteiger partial charge in [0.25, 0.3) is 0 Å². The third-order valence-electron chi connectivity index (χ3n) is 6.52. The number of thioether (sulfide) groups is 2. The van der Waals surface area contributed by atoms with E-state index in [9.17, 15) is 0 Å². The summed E-state index contributed by atoms with van der Waals surface area (Å²) in [6, 6.07) is 7.25. The summed E-state index contributed by atoms with van der Waals surface area (Å²) in [7, 11) is 0. The van der Waals surface area contributed by atoms with Crippen molar-refractivity contribution in [2.45, 2.75) is 149 Å². The van der Waals surface area contributed by atoms with Crippen molar-refractivity contribution < 1.29 is 5.11 Å². The average molecular weight is 541 g/mol. The number of unbranched alkanes of at least 4 members (excludes halogenated alkanes) is 18. The average Bonchev–Trinajstić information content (AvgIpc) is 2.89. The normalized spacial score (nSPS) is 10.4. The molecule has 1 rings (SSSR count). The van der Waals surface area contributed by atoms with Crippen LogP contribution in [0.15, 0.2) is 24.3 Å². The Morgan fingerprint density at radius 3 is 1.06 bits per heavy atom. The Balaban J connectivity index is 0. The molecule has 1 aromatic rings. The predicted molar refractivity (Wildman–Crippen MR) is 173 cm³/mol. The molecule has 0 fully saturated rings. The van der Waals surface area contributed by atoms with Crippen LogP contribution in [0.4, 0.5) is 0 Å². The summed E-state index contributed by atoms with van der Waals surface area (Å²) in [4.78, 5) is 0. The second kappa shape index (κ2) is 34.7. The van der Waals surface area contributed by atoms with E-state index in [-0.39, 0.29) is 0 Å². The molecular weight excluding hydrogens is 476 g/mol. The first-order chi connectivity index (χ1) is 17.6. The van der Waals surface area contributed by atoms with Crippen molar-refractivity contribution in [3.05, 3.63) is 29.8 Å². The molecule has 0 aliphatic rings. The minimum absolute atomic E-state index is 0.368. The van der Waals surface area contributed by atoms with Crippen LogP contribution >= 0.6 is 23.5 Å². The quantitative estimate of drug-likeness (QED) is 0.148. The van der Waals surface area contributed by atoms with E-state index >= 15 is 0 Å². The van der Waals surface area contributed by atoms with Gasteiger partial charge >= 0.3 is 0 Å². The lowest BCUT2D eigenvalue weighted by molar-refractivity contribution is 0.471. The molecule has 0 saturated carbocycles. The first-order valence-corrected chi connectivity index (χ1v) is 18.1. The number of hydrogen-bond acceptors (Lipinski definition) is 3. The Bertz CT molecular complexity index is 437. The highest BCUT2D eigenvalue weighted by Crippen LogP contribution is 2.13. The lowest BCUT2D eigenvalue weighted by Gasteiger charge is -2.01. The highest BCUT2D eigenvalue weighted by molar-refractivity contribution is 7.98. The topological polar surface area (TPSA) is 20.2 Å². The van der Waals surface area contributed by atoms with Gasteiger partial charge in [-0.15, -0.1) is 0 Å². The van der Waals surface area contributed by atoms with Crippen molar-refractivity contribution in [3.63, 3.8) is 0 Å². The largest absolute Gasteiger partial charge is 0.508 e. The summed E-state index contributed by atoms with van der Waals surface area (Å²) >= 11 is 3.96. The number of phenolic OH excluding ortho intramolecular Hbond substituents is 1. The molecule has 36 heavy (non-hydrogen) atoms. The molecule has 1 aromatic carbocycles. The van der Waals surface area contributed by atoms with E-state index in [0.29, 0.717) is 5.75 Å². The highest BCUT2D eigenvalue weighted by atomic mass is 32.2. The maximum Gasteiger partial charge on any atom is 0.118 e. The Morgan fingerprint density at radius 1 is 0.500 bits per heavy atom. The van der Waals surface area contributed by atoms with E-state index in [0.717, 1.165) is 5.56 Å². The molecule has 1 nitrogen and oxygen atoms in total. The summed E-state index contributed by atoms with van der Waals surface area (Å²) in [5.41, 5.74) is 0.924. The van der Waals surface area contributed by atoms with E-state index in [1.807, 2.05) is 48.6 Å². The molecule has 1 N–H and O–H groups in total. The number of benzene rings is 1. The first kappa shape index (κ1) is 37.9. The van der Waals surface area contributed by atoms with Crippen LogP contribution < -0.4 is 0 Å². The van der Waals surface area contributed by atoms with Crippen LogP contribution in [0.1, 0.15) is 148 Å². The number of aromatic hydroxyl groups is 1. The number of phenols is 1. The molecule has 214 valence electrons. The SMILES string of the molecule is CCCCCCCCCCCCSC.CCCCCCCCCCCCSC.Cc1ccccc1O. The monoisotopic (exact) mass is 540 g/mol. The van der Waals surface area contributed by atoms with Crippen LogP contribution in [-0.2, 0) is 0 Å². The van der Waals surface area contributed by atoms with Crippen LogP contribution in [0.25, 0.3) is 0 Å². The molecule has 3 heteroatoms. The maximum atomic E-state index is 8.92. The maximum absolute atomic E-state index is 8.92. The van der Waals surface area contributed by atoms with E-state index < -0.39 is 0 Å². The van der Waals surface area contributed by atoms with Gasteiger partial charge in [0.1, 0.15) is 5.75 Å². The standard InChI is InChI=1S/2C13H28S.C7H8O/c2*1-3-4-5-6-7-8-9-10-11-12-13-14-2;1-6-4-2-3-5-7(6)8/h2*3-13H2,1-2H3;2-5,8H,1H3. The number of para-hydroxylation sites is 1. The van der Waals surface area contributed by atoms with Crippen molar-refractivity contribution in [1.29, 1.82) is 0 Å². The molecule has 0 aliphatic carbocycles. The van der Waals surface area contributed by atoms with Crippen molar-refractivity contribution in [2.75, 3.05) is 24.0 Å². The van der Waals surface area contributed by atoms with Gasteiger partial charge in [0.2, 0.25) is 0 Å². The van der Waals surface area contributed by atoms with E-state index in [1.165, 1.54) is 140 Å². The van der Waals surface area contributed by atoms with E-state index in [2.05, 4.69) is 26.4 Å². The van der Waals surface area contributed by atoms with Gasteiger partial charge in [0, 0.05) is 0 Å². The van der Waals surface area contributed by atoms with Gasteiger partial charge in [0.05, 0.1) is 0 Å². The lowest BCUT2D eigenvalue weighted by atomic mass is 10.1. The van der Waals surface area contributed by atoms with Crippen LogP contribution in [0, 0.1) is 6.92 Å². The van der Waals surface area contributed by atoms with Gasteiger partial charge in [-0.05, 0) is 55.4 Å². The fraction of sp³-hybridized carbons (Fsp3) is 0.818. The van der Waals surface area contributed by atoms with Crippen molar-refractivity contribution in [2.24, 2.45) is 0 Å². The van der Waals surface area contributed by atoms with Gasteiger partial charge in [-0.25, -0.2) is 0 Å². The van der Waals surface area contributed by atoms with Crippen LogP contribution in [0.2, 0.25) is 0 Å². The fourth-order valence-electron chi connectivity index (χ4n) is 4.03. The number of aryl methyl sites for hydroxylation is 1. The van der Waals surface area contributed by atoms with Crippen molar-refractivity contribution in [1.82, 2.24) is 0 Å². The number of hydrogen-bond donors (Lipinski definition) is 1. The molecule has 0 amide bonds. The van der Waals surface area contributed by atoms with Gasteiger partial charge in [0.15, 0.2) is 0 Å². The van der Waals surface area contributed by atoms with Gasteiger partial charge in [-0.2, -0.15) is 23.5 Å². The second-order valence-electron chi connectivity index (χ2n) is 10.1. The lowest BCUT2D eigenvalue weighted by Crippen LogP contribution is -1.82. The zero-order chi connectivity index (χ0) is 27.0. The Hall–Kier alpha value is -0.280. The van der Waals surface area contributed by atoms with Crippen molar-refractivity contribution >= 4 is 23.5 Å². The smallest absolute Gasteiger partial charge is 0.118 e. The van der Waals surface area contributed by atoms with Crippen molar-refractivity contribution in [3.8, 4) is 5.75 Å². The van der Waals surface area contributed by atoms with Gasteiger partial charge < -0.3 is 5.11 Å².